The quantitative estimate of drug-likeness (QED) is 0.161. The fourth-order valence-electron chi connectivity index (χ4n) is 4.97. The van der Waals surface area contributed by atoms with Gasteiger partial charge in [0.1, 0.15) is 12.1 Å². The molecule has 0 heterocycles. The summed E-state index contributed by atoms with van der Waals surface area (Å²) in [5.41, 5.74) is 9.81. The number of amides is 3. The summed E-state index contributed by atoms with van der Waals surface area (Å²) in [5, 5.41) is 5.19. The number of carbonyl (C=O) groups is 4. The molecule has 0 bridgehead atoms. The molecule has 0 fully saturated rings. The molecule has 3 aromatic rings. The highest BCUT2D eigenvalue weighted by molar-refractivity contribution is 5.95. The normalized spacial score (nSPS) is 12.9. The zero-order chi connectivity index (χ0) is 32.3. The van der Waals surface area contributed by atoms with Gasteiger partial charge in [-0.15, -0.1) is 0 Å². The molecule has 0 saturated carbocycles. The summed E-state index contributed by atoms with van der Waals surface area (Å²) in [7, 11) is 3.03. The molecule has 9 nitrogen and oxygen atoms in total. The van der Waals surface area contributed by atoms with Crippen LogP contribution in [0.15, 0.2) is 96.6 Å². The highest BCUT2D eigenvalue weighted by Gasteiger charge is 2.32. The van der Waals surface area contributed by atoms with Crippen molar-refractivity contribution in [3.63, 3.8) is 0 Å². The molecule has 2 unspecified atom stereocenters. The van der Waals surface area contributed by atoms with Gasteiger partial charge in [0.05, 0.1) is 0 Å². The van der Waals surface area contributed by atoms with Gasteiger partial charge in [-0.3, -0.25) is 9.59 Å². The number of nitrogens with two attached hydrogens (primary N) is 1. The van der Waals surface area contributed by atoms with Crippen LogP contribution in [0.25, 0.3) is 11.1 Å². The molecule has 0 aliphatic carbocycles. The van der Waals surface area contributed by atoms with E-state index < -0.39 is 35.6 Å². The van der Waals surface area contributed by atoms with E-state index in [0.717, 1.165) is 22.3 Å². The Hall–Kier alpha value is -4.76. The maximum Gasteiger partial charge on any atom is 0.415 e. The van der Waals surface area contributed by atoms with Crippen molar-refractivity contribution >= 4 is 23.9 Å². The van der Waals surface area contributed by atoms with Crippen LogP contribution in [0.3, 0.4) is 0 Å². The number of alkyl carbamates (subject to hydrolysis) is 1. The van der Waals surface area contributed by atoms with Crippen LogP contribution in [0, 0.1) is 0 Å². The molecule has 2 atom stereocenters. The lowest BCUT2D eigenvalue weighted by atomic mass is 9.97. The minimum Gasteiger partial charge on any atom is -0.373 e. The van der Waals surface area contributed by atoms with Gasteiger partial charge >= 0.3 is 12.1 Å². The Balaban J connectivity index is 1.84. The average Bonchev–Trinajstić information content (AvgIpc) is 2.98. The molecular formula is C35H42N4O5. The highest BCUT2D eigenvalue weighted by atomic mass is 16.6. The summed E-state index contributed by atoms with van der Waals surface area (Å²) in [6.07, 6.45) is 0.936. The van der Waals surface area contributed by atoms with Crippen molar-refractivity contribution in [3.8, 4) is 11.1 Å². The second kappa shape index (κ2) is 15.6. The maximum absolute atomic E-state index is 13.9. The zero-order valence-corrected chi connectivity index (χ0v) is 26.0. The topological polar surface area (TPSA) is 131 Å². The maximum atomic E-state index is 13.9. The molecule has 0 radical (unpaired) electrons. The van der Waals surface area contributed by atoms with Crippen LogP contribution in [0.4, 0.5) is 4.79 Å². The number of benzene rings is 3. The summed E-state index contributed by atoms with van der Waals surface area (Å²) in [6.45, 7) is 5.37. The van der Waals surface area contributed by atoms with Gasteiger partial charge in [-0.1, -0.05) is 90.5 Å². The van der Waals surface area contributed by atoms with Crippen LogP contribution in [-0.4, -0.2) is 60.5 Å². The van der Waals surface area contributed by atoms with Crippen LogP contribution >= 0.6 is 0 Å². The van der Waals surface area contributed by atoms with Crippen LogP contribution < -0.4 is 16.4 Å². The Morgan fingerprint density at radius 3 is 1.98 bits per heavy atom. The smallest absolute Gasteiger partial charge is 0.373 e. The van der Waals surface area contributed by atoms with E-state index in [2.05, 4.69) is 10.6 Å². The Morgan fingerprint density at radius 1 is 0.864 bits per heavy atom. The first-order valence-electron chi connectivity index (χ1n) is 14.5. The first-order chi connectivity index (χ1) is 20.9. The van der Waals surface area contributed by atoms with E-state index in [1.54, 1.807) is 6.92 Å². The van der Waals surface area contributed by atoms with Crippen LogP contribution in [-0.2, 0) is 32.0 Å². The molecule has 0 aliphatic heterocycles. The Kier molecular flexibility index (Phi) is 12.0. The lowest BCUT2D eigenvalue weighted by molar-refractivity contribution is -0.140. The van der Waals surface area contributed by atoms with E-state index in [1.807, 2.05) is 98.8 Å². The summed E-state index contributed by atoms with van der Waals surface area (Å²) >= 11 is 0. The minimum atomic E-state index is -1.13. The molecule has 9 heteroatoms. The van der Waals surface area contributed by atoms with Crippen LogP contribution in [0.2, 0.25) is 0 Å². The first kappa shape index (κ1) is 33.7. The molecule has 4 N–H and O–H groups in total. The predicted molar refractivity (Wildman–Crippen MR) is 171 cm³/mol. The van der Waals surface area contributed by atoms with E-state index in [0.29, 0.717) is 12.0 Å². The van der Waals surface area contributed by atoms with Gasteiger partial charge < -0.3 is 26.0 Å². The largest absolute Gasteiger partial charge is 0.415 e. The molecule has 0 aliphatic rings. The second-order valence-electron chi connectivity index (χ2n) is 11.6. The standard InChI is InChI=1S/C35H42N4O5/c1-24(23-35(2,3)36)20-31(40)44-34(43)38-29(21-26-16-18-28(19-17-26)27-14-10-7-11-15-27)33(42)39(5)30(32(41)37-4)22-25-12-8-6-9-13-25/h6-20,29-30H,21-23,36H2,1-5H3,(H,37,41)(H,38,43). The van der Waals surface area contributed by atoms with Gasteiger partial charge in [-0.2, -0.15) is 0 Å². The fraction of sp³-hybridized carbons (Fsp3) is 0.314. The van der Waals surface area contributed by atoms with E-state index in [4.69, 9.17) is 10.5 Å². The summed E-state index contributed by atoms with van der Waals surface area (Å²) in [4.78, 5) is 53.5. The van der Waals surface area contributed by atoms with Gasteiger partial charge in [0, 0.05) is 38.6 Å². The van der Waals surface area contributed by atoms with Gasteiger partial charge in [-0.25, -0.2) is 9.59 Å². The van der Waals surface area contributed by atoms with Crippen molar-refractivity contribution in [2.75, 3.05) is 14.1 Å². The fourth-order valence-corrected chi connectivity index (χ4v) is 4.97. The molecule has 3 aromatic carbocycles. The van der Waals surface area contributed by atoms with E-state index >= 15 is 0 Å². The van der Waals surface area contributed by atoms with Gasteiger partial charge in [0.25, 0.3) is 0 Å². The van der Waals surface area contributed by atoms with Crippen molar-refractivity contribution in [1.29, 1.82) is 0 Å². The summed E-state index contributed by atoms with van der Waals surface area (Å²) in [6, 6.07) is 24.9. The van der Waals surface area contributed by atoms with Crippen molar-refractivity contribution in [2.24, 2.45) is 5.73 Å². The van der Waals surface area contributed by atoms with E-state index in [9.17, 15) is 19.2 Å². The first-order valence-corrected chi connectivity index (χ1v) is 14.5. The third-order valence-electron chi connectivity index (χ3n) is 7.02. The third kappa shape index (κ3) is 10.5. The Bertz CT molecular complexity index is 1450. The van der Waals surface area contributed by atoms with Gasteiger partial charge in [0.2, 0.25) is 11.8 Å². The van der Waals surface area contributed by atoms with Crippen molar-refractivity contribution in [1.82, 2.24) is 15.5 Å². The number of ether oxygens (including phenoxy) is 1. The number of rotatable bonds is 12. The lowest BCUT2D eigenvalue weighted by Gasteiger charge is -2.30. The average molecular weight is 599 g/mol. The third-order valence-corrected chi connectivity index (χ3v) is 7.02. The van der Waals surface area contributed by atoms with Crippen molar-refractivity contribution in [3.05, 3.63) is 108 Å². The summed E-state index contributed by atoms with van der Waals surface area (Å²) in [5.74, 6) is -1.73. The van der Waals surface area contributed by atoms with Crippen molar-refractivity contribution < 1.29 is 23.9 Å². The molecule has 0 saturated heterocycles. The number of nitrogens with one attached hydrogen (secondary N) is 2. The van der Waals surface area contributed by atoms with E-state index in [-0.39, 0.29) is 18.7 Å². The molecule has 0 aromatic heterocycles. The molecule has 44 heavy (non-hydrogen) atoms. The second-order valence-corrected chi connectivity index (χ2v) is 11.6. The summed E-state index contributed by atoms with van der Waals surface area (Å²) < 4.78 is 4.98. The van der Waals surface area contributed by atoms with Gasteiger partial charge in [-0.05, 0) is 49.4 Å². The van der Waals surface area contributed by atoms with Crippen molar-refractivity contribution in [2.45, 2.75) is 57.7 Å². The number of hydrogen-bond donors (Lipinski definition) is 3. The Morgan fingerprint density at radius 2 is 1.41 bits per heavy atom. The SMILES string of the molecule is CNC(=O)C(Cc1ccccc1)N(C)C(=O)C(Cc1ccc(-c2ccccc2)cc1)NC(=O)OC(=O)C=C(C)CC(C)(C)N. The number of nitrogens with zero attached hydrogens (tertiary/aromatic N) is 1. The van der Waals surface area contributed by atoms with Gasteiger partial charge in [0.15, 0.2) is 0 Å². The molecule has 3 rings (SSSR count). The Labute approximate surface area is 259 Å². The number of esters is 1. The molecule has 0 spiro atoms. The molecular weight excluding hydrogens is 556 g/mol. The zero-order valence-electron chi connectivity index (χ0n) is 26.0. The number of hydrogen-bond acceptors (Lipinski definition) is 6. The number of likely N-dealkylation sites (N-methyl/N-ethyl adjacent to an activating group) is 2. The van der Waals surface area contributed by atoms with Crippen LogP contribution in [0.5, 0.6) is 0 Å². The predicted octanol–water partition coefficient (Wildman–Crippen LogP) is 4.41. The minimum absolute atomic E-state index is 0.101. The molecule has 3 amide bonds. The highest BCUT2D eigenvalue weighted by Crippen LogP contribution is 2.20. The van der Waals surface area contributed by atoms with E-state index in [1.165, 1.54) is 25.1 Å². The number of carbonyl (C=O) groups excluding carboxylic acids is 4. The van der Waals surface area contributed by atoms with Crippen LogP contribution in [0.1, 0.15) is 38.3 Å². The lowest BCUT2D eigenvalue weighted by Crippen LogP contribution is -2.55. The monoisotopic (exact) mass is 598 g/mol. The molecule has 232 valence electrons.